The first-order chi connectivity index (χ1) is 9.09. The fraction of sp³-hybridized carbons (Fsp3) is 0.588. The van der Waals surface area contributed by atoms with E-state index in [1.54, 1.807) is 0 Å². The Hall–Kier alpha value is -1.15. The topological polar surface area (TPSA) is 26.3 Å². The van der Waals surface area contributed by atoms with Crippen molar-refractivity contribution in [2.75, 3.05) is 0 Å². The first-order valence-corrected chi connectivity index (χ1v) is 7.27. The van der Waals surface area contributed by atoms with Crippen molar-refractivity contribution >= 4 is 5.78 Å². The highest BCUT2D eigenvalue weighted by atomic mass is 16.5. The van der Waals surface area contributed by atoms with E-state index in [1.807, 2.05) is 18.2 Å². The minimum absolute atomic E-state index is 0.106. The summed E-state index contributed by atoms with van der Waals surface area (Å²) in [5.74, 6) is 1.17. The molecule has 0 amide bonds. The quantitative estimate of drug-likeness (QED) is 0.828. The zero-order valence-electron chi connectivity index (χ0n) is 11.8. The maximum absolute atomic E-state index is 12.2. The van der Waals surface area contributed by atoms with E-state index in [4.69, 9.17) is 4.74 Å². The van der Waals surface area contributed by atoms with Gasteiger partial charge in [0.05, 0.1) is 12.7 Å². The first kappa shape index (κ1) is 12.9. The number of benzene rings is 1. The van der Waals surface area contributed by atoms with Crippen LogP contribution in [0.1, 0.15) is 38.7 Å². The average molecular weight is 258 g/mol. The second-order valence-electron chi connectivity index (χ2n) is 6.57. The van der Waals surface area contributed by atoms with Gasteiger partial charge in [-0.15, -0.1) is 0 Å². The Bertz CT molecular complexity index is 463. The van der Waals surface area contributed by atoms with Crippen LogP contribution in [-0.4, -0.2) is 11.9 Å². The van der Waals surface area contributed by atoms with E-state index in [0.29, 0.717) is 18.3 Å². The van der Waals surface area contributed by atoms with Gasteiger partial charge in [0.1, 0.15) is 5.78 Å². The zero-order chi connectivity index (χ0) is 13.5. The summed E-state index contributed by atoms with van der Waals surface area (Å²) < 4.78 is 6.09. The molecule has 102 valence electrons. The van der Waals surface area contributed by atoms with Crippen LogP contribution >= 0.6 is 0 Å². The standard InChI is InChI=1S/C17H22O2/c1-17(2)13-8-9-14(18)16(17)15(10-13)19-11-12-6-4-3-5-7-12/h3-7,13,15-16H,8-11H2,1-2H3/t13-,15+,16+/m1/s1. The fourth-order valence-electron chi connectivity index (χ4n) is 3.98. The van der Waals surface area contributed by atoms with Crippen molar-refractivity contribution in [2.24, 2.45) is 17.3 Å². The monoisotopic (exact) mass is 258 g/mol. The van der Waals surface area contributed by atoms with Crippen molar-refractivity contribution in [3.8, 4) is 0 Å². The Morgan fingerprint density at radius 2 is 2.00 bits per heavy atom. The average Bonchev–Trinajstić information content (AvgIpc) is 2.54. The van der Waals surface area contributed by atoms with Gasteiger partial charge in [-0.25, -0.2) is 0 Å². The van der Waals surface area contributed by atoms with Crippen LogP contribution in [0.3, 0.4) is 0 Å². The van der Waals surface area contributed by atoms with Crippen LogP contribution in [0.25, 0.3) is 0 Å². The van der Waals surface area contributed by atoms with Crippen molar-refractivity contribution < 1.29 is 9.53 Å². The van der Waals surface area contributed by atoms with Crippen molar-refractivity contribution in [1.82, 2.24) is 0 Å². The predicted octanol–water partition coefficient (Wildman–Crippen LogP) is 3.60. The molecule has 1 aromatic rings. The lowest BCUT2D eigenvalue weighted by molar-refractivity contribution is -0.134. The molecule has 2 fully saturated rings. The summed E-state index contributed by atoms with van der Waals surface area (Å²) in [5.41, 5.74) is 1.31. The largest absolute Gasteiger partial charge is 0.373 e. The smallest absolute Gasteiger partial charge is 0.139 e. The Morgan fingerprint density at radius 3 is 2.74 bits per heavy atom. The molecule has 0 heterocycles. The highest BCUT2D eigenvalue weighted by Gasteiger charge is 2.55. The van der Waals surface area contributed by atoms with E-state index in [2.05, 4.69) is 26.0 Å². The molecule has 2 bridgehead atoms. The molecule has 2 aliphatic rings. The zero-order valence-corrected chi connectivity index (χ0v) is 11.8. The Labute approximate surface area is 115 Å². The molecule has 0 spiro atoms. The number of hydrogen-bond acceptors (Lipinski definition) is 2. The van der Waals surface area contributed by atoms with E-state index in [-0.39, 0.29) is 17.4 Å². The van der Waals surface area contributed by atoms with Crippen LogP contribution in [-0.2, 0) is 16.1 Å². The van der Waals surface area contributed by atoms with Gasteiger partial charge in [-0.05, 0) is 29.7 Å². The summed E-state index contributed by atoms with van der Waals surface area (Å²) in [5, 5.41) is 0. The minimum Gasteiger partial charge on any atom is -0.373 e. The second kappa shape index (κ2) is 4.75. The Kier molecular flexibility index (Phi) is 3.22. The van der Waals surface area contributed by atoms with Gasteiger partial charge in [0.25, 0.3) is 0 Å². The number of Topliss-reactive ketones (excluding diaryl/α,β-unsaturated/α-hetero) is 1. The van der Waals surface area contributed by atoms with Gasteiger partial charge in [0.2, 0.25) is 0 Å². The molecule has 0 N–H and O–H groups in total. The molecule has 1 aromatic carbocycles. The van der Waals surface area contributed by atoms with Crippen LogP contribution in [0, 0.1) is 17.3 Å². The van der Waals surface area contributed by atoms with Crippen LogP contribution in [0.2, 0.25) is 0 Å². The molecule has 3 atom stereocenters. The van der Waals surface area contributed by atoms with E-state index < -0.39 is 0 Å². The molecule has 2 aliphatic carbocycles. The van der Waals surface area contributed by atoms with Crippen LogP contribution < -0.4 is 0 Å². The van der Waals surface area contributed by atoms with Crippen LogP contribution in [0.5, 0.6) is 0 Å². The molecule has 19 heavy (non-hydrogen) atoms. The summed E-state index contributed by atoms with van der Waals surface area (Å²) in [6, 6.07) is 10.2. The van der Waals surface area contributed by atoms with Crippen molar-refractivity contribution in [2.45, 2.75) is 45.8 Å². The molecule has 0 aromatic heterocycles. The molecular weight excluding hydrogens is 236 g/mol. The maximum Gasteiger partial charge on any atom is 0.139 e. The van der Waals surface area contributed by atoms with Gasteiger partial charge in [0, 0.05) is 12.3 Å². The molecule has 0 saturated heterocycles. The van der Waals surface area contributed by atoms with Crippen molar-refractivity contribution in [1.29, 1.82) is 0 Å². The predicted molar refractivity (Wildman–Crippen MR) is 74.6 cm³/mol. The van der Waals surface area contributed by atoms with Gasteiger partial charge in [-0.1, -0.05) is 44.2 Å². The van der Waals surface area contributed by atoms with Crippen molar-refractivity contribution in [3.05, 3.63) is 35.9 Å². The SMILES string of the molecule is CC1(C)[C@@H]2CCC(=O)[C@H]1[C@@H](OCc1ccccc1)C2. The third-order valence-corrected chi connectivity index (χ3v) is 5.14. The van der Waals surface area contributed by atoms with E-state index in [0.717, 1.165) is 19.3 Å². The minimum atomic E-state index is 0.106. The van der Waals surface area contributed by atoms with Crippen LogP contribution in [0.4, 0.5) is 0 Å². The fourth-order valence-corrected chi connectivity index (χ4v) is 3.98. The molecule has 0 unspecified atom stereocenters. The molecule has 0 radical (unpaired) electrons. The summed E-state index contributed by atoms with van der Waals surface area (Å²) in [4.78, 5) is 12.2. The van der Waals surface area contributed by atoms with Gasteiger partial charge >= 0.3 is 0 Å². The number of ether oxygens (including phenoxy) is 1. The number of ketones is 1. The molecule has 2 heteroatoms. The van der Waals surface area contributed by atoms with Gasteiger partial charge in [-0.3, -0.25) is 4.79 Å². The Morgan fingerprint density at radius 1 is 1.26 bits per heavy atom. The third-order valence-electron chi connectivity index (χ3n) is 5.14. The van der Waals surface area contributed by atoms with E-state index in [9.17, 15) is 4.79 Å². The number of carbonyl (C=O) groups excluding carboxylic acids is 1. The first-order valence-electron chi connectivity index (χ1n) is 7.27. The molecule has 3 rings (SSSR count). The van der Waals surface area contributed by atoms with Crippen molar-refractivity contribution in [3.63, 3.8) is 0 Å². The van der Waals surface area contributed by atoms with Gasteiger partial charge < -0.3 is 4.74 Å². The highest BCUT2D eigenvalue weighted by molar-refractivity contribution is 5.84. The van der Waals surface area contributed by atoms with Crippen LogP contribution in [0.15, 0.2) is 30.3 Å². The number of carbonyl (C=O) groups is 1. The summed E-state index contributed by atoms with van der Waals surface area (Å²) in [7, 11) is 0. The Balaban J connectivity index is 1.71. The lowest BCUT2D eigenvalue weighted by Crippen LogP contribution is -2.39. The summed E-state index contributed by atoms with van der Waals surface area (Å²) in [6.07, 6.45) is 2.98. The highest BCUT2D eigenvalue weighted by Crippen LogP contribution is 2.54. The number of fused-ring (bicyclic) bond motifs is 2. The lowest BCUT2D eigenvalue weighted by atomic mass is 9.67. The number of rotatable bonds is 3. The van der Waals surface area contributed by atoms with Gasteiger partial charge in [0.15, 0.2) is 0 Å². The summed E-state index contributed by atoms with van der Waals surface area (Å²) >= 11 is 0. The summed E-state index contributed by atoms with van der Waals surface area (Å²) in [6.45, 7) is 5.11. The normalized spacial score (nSPS) is 32.5. The molecular formula is C17H22O2. The maximum atomic E-state index is 12.2. The second-order valence-corrected chi connectivity index (χ2v) is 6.57. The van der Waals surface area contributed by atoms with E-state index in [1.165, 1.54) is 5.56 Å². The molecule has 0 aliphatic heterocycles. The molecule has 2 nitrogen and oxygen atoms in total. The molecule has 2 saturated carbocycles. The van der Waals surface area contributed by atoms with E-state index >= 15 is 0 Å². The number of hydrogen-bond donors (Lipinski definition) is 0. The third kappa shape index (κ3) is 2.23. The van der Waals surface area contributed by atoms with Gasteiger partial charge in [-0.2, -0.15) is 0 Å². The lowest BCUT2D eigenvalue weighted by Gasteiger charge is -2.37.